The third kappa shape index (κ3) is 4.53. The zero-order valence-electron chi connectivity index (χ0n) is 16.1. The summed E-state index contributed by atoms with van der Waals surface area (Å²) in [7, 11) is 0. The van der Waals surface area contributed by atoms with E-state index >= 15 is 0 Å². The SMILES string of the molecule is CCOC(=O)c1c(C)[nH]c(CCC(=O)NCCc2c(C)noc2C)c1C. The van der Waals surface area contributed by atoms with Crippen LogP contribution in [-0.2, 0) is 22.4 Å². The minimum atomic E-state index is -0.325. The van der Waals surface area contributed by atoms with Gasteiger partial charge >= 0.3 is 5.97 Å². The van der Waals surface area contributed by atoms with Gasteiger partial charge in [-0.15, -0.1) is 0 Å². The number of aromatic amines is 1. The van der Waals surface area contributed by atoms with Gasteiger partial charge in [0.2, 0.25) is 5.91 Å². The zero-order valence-corrected chi connectivity index (χ0v) is 16.1. The lowest BCUT2D eigenvalue weighted by molar-refractivity contribution is -0.121. The molecule has 26 heavy (non-hydrogen) atoms. The normalized spacial score (nSPS) is 10.8. The molecule has 0 saturated heterocycles. The molecular formula is C19H27N3O4. The van der Waals surface area contributed by atoms with Crippen molar-refractivity contribution >= 4 is 11.9 Å². The Morgan fingerprint density at radius 3 is 2.54 bits per heavy atom. The van der Waals surface area contributed by atoms with Gasteiger partial charge in [-0.25, -0.2) is 4.79 Å². The van der Waals surface area contributed by atoms with Gasteiger partial charge in [0.25, 0.3) is 0 Å². The quantitative estimate of drug-likeness (QED) is 0.705. The number of carbonyl (C=O) groups is 2. The number of aryl methyl sites for hydroxylation is 4. The molecule has 7 nitrogen and oxygen atoms in total. The lowest BCUT2D eigenvalue weighted by Gasteiger charge is -2.06. The van der Waals surface area contributed by atoms with Crippen LogP contribution in [0.2, 0.25) is 0 Å². The number of aromatic nitrogens is 2. The first-order valence-corrected chi connectivity index (χ1v) is 8.88. The van der Waals surface area contributed by atoms with E-state index in [1.807, 2.05) is 27.7 Å². The number of rotatable bonds is 8. The van der Waals surface area contributed by atoms with Gasteiger partial charge in [-0.3, -0.25) is 4.79 Å². The molecule has 0 aliphatic carbocycles. The lowest BCUT2D eigenvalue weighted by Crippen LogP contribution is -2.26. The molecule has 2 N–H and O–H groups in total. The van der Waals surface area contributed by atoms with Gasteiger partial charge in [-0.1, -0.05) is 5.16 Å². The molecule has 2 heterocycles. The number of hydrogen-bond donors (Lipinski definition) is 2. The van der Waals surface area contributed by atoms with E-state index in [-0.39, 0.29) is 11.9 Å². The smallest absolute Gasteiger partial charge is 0.340 e. The molecule has 142 valence electrons. The van der Waals surface area contributed by atoms with E-state index < -0.39 is 0 Å². The Hall–Kier alpha value is -2.57. The molecule has 1 amide bonds. The van der Waals surface area contributed by atoms with Crippen molar-refractivity contribution in [1.29, 1.82) is 0 Å². The molecule has 0 fully saturated rings. The van der Waals surface area contributed by atoms with Crippen LogP contribution in [-0.4, -0.2) is 35.2 Å². The van der Waals surface area contributed by atoms with Crippen molar-refractivity contribution in [3.05, 3.63) is 39.5 Å². The summed E-state index contributed by atoms with van der Waals surface area (Å²) in [5, 5.41) is 6.82. The minimum Gasteiger partial charge on any atom is -0.462 e. The van der Waals surface area contributed by atoms with Crippen LogP contribution in [0.3, 0.4) is 0 Å². The largest absolute Gasteiger partial charge is 0.462 e. The predicted molar refractivity (Wildman–Crippen MR) is 97.2 cm³/mol. The van der Waals surface area contributed by atoms with E-state index in [0.717, 1.165) is 34.0 Å². The van der Waals surface area contributed by atoms with Crippen LogP contribution in [0.25, 0.3) is 0 Å². The number of H-pyrrole nitrogens is 1. The van der Waals surface area contributed by atoms with Gasteiger partial charge in [0, 0.05) is 29.9 Å². The van der Waals surface area contributed by atoms with Crippen molar-refractivity contribution in [2.75, 3.05) is 13.2 Å². The van der Waals surface area contributed by atoms with Crippen LogP contribution >= 0.6 is 0 Å². The fourth-order valence-electron chi connectivity index (χ4n) is 3.09. The molecule has 0 radical (unpaired) electrons. The number of nitrogens with one attached hydrogen (secondary N) is 2. The van der Waals surface area contributed by atoms with Crippen LogP contribution in [0.5, 0.6) is 0 Å². The van der Waals surface area contributed by atoms with Crippen molar-refractivity contribution in [3.8, 4) is 0 Å². The Morgan fingerprint density at radius 2 is 1.92 bits per heavy atom. The summed E-state index contributed by atoms with van der Waals surface area (Å²) < 4.78 is 10.2. The van der Waals surface area contributed by atoms with Gasteiger partial charge in [0.15, 0.2) is 0 Å². The van der Waals surface area contributed by atoms with Gasteiger partial charge in [-0.05, 0) is 53.0 Å². The van der Waals surface area contributed by atoms with E-state index in [1.54, 1.807) is 6.92 Å². The highest BCUT2D eigenvalue weighted by molar-refractivity contribution is 5.92. The van der Waals surface area contributed by atoms with Crippen molar-refractivity contribution in [1.82, 2.24) is 15.5 Å². The second kappa shape index (κ2) is 8.69. The highest BCUT2D eigenvalue weighted by Gasteiger charge is 2.19. The van der Waals surface area contributed by atoms with E-state index in [9.17, 15) is 9.59 Å². The maximum Gasteiger partial charge on any atom is 0.340 e. The standard InChI is InChI=1S/C19H27N3O4/c1-6-25-19(24)18-11(2)16(21-13(18)4)7-8-17(23)20-10-9-15-12(3)22-26-14(15)5/h21H,6-10H2,1-5H3,(H,20,23). The molecule has 0 aromatic carbocycles. The van der Waals surface area contributed by atoms with E-state index in [1.165, 1.54) is 0 Å². The summed E-state index contributed by atoms with van der Waals surface area (Å²) >= 11 is 0. The summed E-state index contributed by atoms with van der Waals surface area (Å²) in [4.78, 5) is 27.3. The van der Waals surface area contributed by atoms with Gasteiger partial charge in [-0.2, -0.15) is 0 Å². The second-order valence-electron chi connectivity index (χ2n) is 6.35. The Morgan fingerprint density at radius 1 is 1.19 bits per heavy atom. The topological polar surface area (TPSA) is 97.2 Å². The molecule has 2 aromatic heterocycles. The number of esters is 1. The monoisotopic (exact) mass is 361 g/mol. The van der Waals surface area contributed by atoms with Crippen molar-refractivity contribution in [2.24, 2.45) is 0 Å². The van der Waals surface area contributed by atoms with Crippen LogP contribution in [0, 0.1) is 27.7 Å². The lowest BCUT2D eigenvalue weighted by atomic mass is 10.1. The average Bonchev–Trinajstić information content (AvgIpc) is 3.05. The second-order valence-corrected chi connectivity index (χ2v) is 6.35. The predicted octanol–water partition coefficient (Wildman–Crippen LogP) is 2.70. The fourth-order valence-corrected chi connectivity index (χ4v) is 3.09. The molecule has 0 aliphatic heterocycles. The summed E-state index contributed by atoms with van der Waals surface area (Å²) in [5.74, 6) is 0.440. The summed E-state index contributed by atoms with van der Waals surface area (Å²) in [6, 6.07) is 0. The molecule has 7 heteroatoms. The van der Waals surface area contributed by atoms with Crippen molar-refractivity contribution < 1.29 is 18.8 Å². The number of ether oxygens (including phenoxy) is 1. The van der Waals surface area contributed by atoms with Gasteiger partial charge in [0.1, 0.15) is 5.76 Å². The minimum absolute atomic E-state index is 0.0268. The molecular weight excluding hydrogens is 334 g/mol. The first-order valence-electron chi connectivity index (χ1n) is 8.88. The Balaban J connectivity index is 1.86. The molecule has 0 saturated carbocycles. The summed E-state index contributed by atoms with van der Waals surface area (Å²) in [6.07, 6.45) is 1.59. The van der Waals surface area contributed by atoms with Crippen molar-refractivity contribution in [3.63, 3.8) is 0 Å². The van der Waals surface area contributed by atoms with Crippen molar-refractivity contribution in [2.45, 2.75) is 53.9 Å². The number of hydrogen-bond acceptors (Lipinski definition) is 5. The molecule has 0 aliphatic rings. The van der Waals surface area contributed by atoms with E-state index in [4.69, 9.17) is 9.26 Å². The average molecular weight is 361 g/mol. The molecule has 0 atom stereocenters. The number of carbonyl (C=O) groups excluding carboxylic acids is 2. The Labute approximate surface area is 153 Å². The maximum atomic E-state index is 12.1. The Kier molecular flexibility index (Phi) is 6.60. The van der Waals surface area contributed by atoms with Crippen LogP contribution in [0.1, 0.15) is 57.7 Å². The first kappa shape index (κ1) is 19.8. The summed E-state index contributed by atoms with van der Waals surface area (Å²) in [6.45, 7) is 10.1. The molecule has 0 spiro atoms. The first-order chi connectivity index (χ1) is 12.3. The van der Waals surface area contributed by atoms with E-state index in [2.05, 4.69) is 15.5 Å². The van der Waals surface area contributed by atoms with E-state index in [0.29, 0.717) is 38.0 Å². The third-order valence-electron chi connectivity index (χ3n) is 4.50. The fraction of sp³-hybridized carbons (Fsp3) is 0.526. The highest BCUT2D eigenvalue weighted by Crippen LogP contribution is 2.20. The van der Waals surface area contributed by atoms with Gasteiger partial charge in [0.05, 0.1) is 17.9 Å². The summed E-state index contributed by atoms with van der Waals surface area (Å²) in [5.41, 5.74) is 4.99. The molecule has 0 unspecified atom stereocenters. The van der Waals surface area contributed by atoms with Crippen LogP contribution < -0.4 is 5.32 Å². The molecule has 2 aromatic rings. The van der Waals surface area contributed by atoms with Crippen LogP contribution in [0.4, 0.5) is 0 Å². The van der Waals surface area contributed by atoms with Crippen LogP contribution in [0.15, 0.2) is 4.52 Å². The highest BCUT2D eigenvalue weighted by atomic mass is 16.5. The zero-order chi connectivity index (χ0) is 19.3. The number of amides is 1. The molecule has 2 rings (SSSR count). The Bertz CT molecular complexity index is 770. The molecule has 0 bridgehead atoms. The van der Waals surface area contributed by atoms with Gasteiger partial charge < -0.3 is 19.6 Å². The number of nitrogens with zero attached hydrogens (tertiary/aromatic N) is 1. The third-order valence-corrected chi connectivity index (χ3v) is 4.50. The maximum absolute atomic E-state index is 12.1.